The van der Waals surface area contributed by atoms with E-state index >= 15 is 0 Å². The molecule has 66 valence electrons. The van der Waals surface area contributed by atoms with Gasteiger partial charge in [0, 0.05) is 30.1 Å². The van der Waals surface area contributed by atoms with Crippen LogP contribution < -0.4 is 0 Å². The fraction of sp³-hybridized carbons (Fsp3) is 0.111. The number of imidazole rings is 1. The van der Waals surface area contributed by atoms with Crippen molar-refractivity contribution in [1.29, 1.82) is 0 Å². The van der Waals surface area contributed by atoms with E-state index in [1.165, 1.54) is 0 Å². The van der Waals surface area contributed by atoms with Gasteiger partial charge < -0.3 is 4.57 Å². The molecule has 2 aromatic heterocycles. The van der Waals surface area contributed by atoms with Crippen LogP contribution in [0.4, 0.5) is 0 Å². The van der Waals surface area contributed by atoms with E-state index in [4.69, 9.17) is 0 Å². The maximum absolute atomic E-state index is 4.23. The lowest BCUT2D eigenvalue weighted by atomic mass is 10.3. The standard InChI is InChI=1S/C9H8BrN3/c1-13-5-4-12-9(13)8-6-7(10)2-3-11-8/h2-6H,1H3. The molecule has 0 atom stereocenters. The van der Waals surface area contributed by atoms with Crippen molar-refractivity contribution in [2.75, 3.05) is 0 Å². The Bertz CT molecular complexity index is 422. The fourth-order valence-electron chi connectivity index (χ4n) is 1.14. The average Bonchev–Trinajstić information content (AvgIpc) is 2.51. The molecule has 0 aromatic carbocycles. The van der Waals surface area contributed by atoms with Gasteiger partial charge in [-0.3, -0.25) is 4.98 Å². The minimum Gasteiger partial charge on any atom is -0.333 e. The first kappa shape index (κ1) is 8.44. The Hall–Kier alpha value is -1.16. The van der Waals surface area contributed by atoms with Gasteiger partial charge >= 0.3 is 0 Å². The van der Waals surface area contributed by atoms with Gasteiger partial charge in [0.25, 0.3) is 0 Å². The number of rotatable bonds is 1. The molecule has 2 aromatic rings. The van der Waals surface area contributed by atoms with Crippen LogP contribution in [0.15, 0.2) is 35.2 Å². The molecule has 4 heteroatoms. The van der Waals surface area contributed by atoms with Crippen molar-refractivity contribution in [1.82, 2.24) is 14.5 Å². The molecular weight excluding hydrogens is 230 g/mol. The van der Waals surface area contributed by atoms with Gasteiger partial charge in [0.1, 0.15) is 5.69 Å². The van der Waals surface area contributed by atoms with Crippen LogP contribution in [0.25, 0.3) is 11.5 Å². The van der Waals surface area contributed by atoms with Crippen LogP contribution in [0.1, 0.15) is 0 Å². The van der Waals surface area contributed by atoms with Crippen molar-refractivity contribution >= 4 is 15.9 Å². The van der Waals surface area contributed by atoms with E-state index in [9.17, 15) is 0 Å². The Morgan fingerprint density at radius 2 is 2.15 bits per heavy atom. The third-order valence-electron chi connectivity index (χ3n) is 1.77. The quantitative estimate of drug-likeness (QED) is 0.762. The van der Waals surface area contributed by atoms with Crippen LogP contribution in [0, 0.1) is 0 Å². The summed E-state index contributed by atoms with van der Waals surface area (Å²) < 4.78 is 2.95. The molecule has 0 saturated heterocycles. The highest BCUT2D eigenvalue weighted by molar-refractivity contribution is 9.10. The summed E-state index contributed by atoms with van der Waals surface area (Å²) in [5.41, 5.74) is 0.877. The largest absolute Gasteiger partial charge is 0.333 e. The zero-order valence-electron chi connectivity index (χ0n) is 7.11. The highest BCUT2D eigenvalue weighted by Gasteiger charge is 2.03. The molecule has 0 amide bonds. The van der Waals surface area contributed by atoms with Crippen LogP contribution in [0.3, 0.4) is 0 Å². The van der Waals surface area contributed by atoms with Gasteiger partial charge in [-0.1, -0.05) is 15.9 Å². The van der Waals surface area contributed by atoms with Gasteiger partial charge in [0.2, 0.25) is 0 Å². The van der Waals surface area contributed by atoms with Crippen molar-refractivity contribution in [3.8, 4) is 11.5 Å². The number of halogens is 1. The number of hydrogen-bond acceptors (Lipinski definition) is 2. The van der Waals surface area contributed by atoms with Crippen LogP contribution in [-0.2, 0) is 7.05 Å². The van der Waals surface area contributed by atoms with Gasteiger partial charge in [0.15, 0.2) is 5.82 Å². The molecule has 0 aliphatic heterocycles. The Morgan fingerprint density at radius 3 is 2.77 bits per heavy atom. The molecule has 0 radical (unpaired) electrons. The summed E-state index contributed by atoms with van der Waals surface area (Å²) >= 11 is 3.40. The number of nitrogens with zero attached hydrogens (tertiary/aromatic N) is 3. The molecule has 0 unspecified atom stereocenters. The topological polar surface area (TPSA) is 30.7 Å². The minimum absolute atomic E-state index is 0.876. The van der Waals surface area contributed by atoms with Crippen LogP contribution >= 0.6 is 15.9 Å². The smallest absolute Gasteiger partial charge is 0.158 e. The van der Waals surface area contributed by atoms with E-state index in [0.717, 1.165) is 16.0 Å². The maximum atomic E-state index is 4.23. The lowest BCUT2D eigenvalue weighted by Crippen LogP contribution is -1.93. The second kappa shape index (κ2) is 3.30. The van der Waals surface area contributed by atoms with Gasteiger partial charge in [-0.2, -0.15) is 0 Å². The second-order valence-electron chi connectivity index (χ2n) is 2.72. The van der Waals surface area contributed by atoms with Crippen molar-refractivity contribution in [3.63, 3.8) is 0 Å². The van der Waals surface area contributed by atoms with E-state index in [0.29, 0.717) is 0 Å². The van der Waals surface area contributed by atoms with E-state index in [-0.39, 0.29) is 0 Å². The summed E-state index contributed by atoms with van der Waals surface area (Å²) in [6, 6.07) is 3.84. The van der Waals surface area contributed by atoms with Gasteiger partial charge in [-0.05, 0) is 12.1 Å². The van der Waals surface area contributed by atoms with Crippen LogP contribution in [0.5, 0.6) is 0 Å². The highest BCUT2D eigenvalue weighted by atomic mass is 79.9. The Labute approximate surface area is 84.6 Å². The molecule has 0 aliphatic rings. The molecule has 0 spiro atoms. The first-order valence-corrected chi connectivity index (χ1v) is 4.66. The normalized spacial score (nSPS) is 10.3. The minimum atomic E-state index is 0.876. The second-order valence-corrected chi connectivity index (χ2v) is 3.64. The summed E-state index contributed by atoms with van der Waals surface area (Å²) in [5, 5.41) is 0. The van der Waals surface area contributed by atoms with E-state index < -0.39 is 0 Å². The summed E-state index contributed by atoms with van der Waals surface area (Å²) in [6.45, 7) is 0. The molecule has 2 heterocycles. The first-order chi connectivity index (χ1) is 6.27. The number of hydrogen-bond donors (Lipinski definition) is 0. The van der Waals surface area contributed by atoms with E-state index in [2.05, 4.69) is 25.9 Å². The van der Waals surface area contributed by atoms with Crippen LogP contribution in [-0.4, -0.2) is 14.5 Å². The van der Waals surface area contributed by atoms with Gasteiger partial charge in [-0.15, -0.1) is 0 Å². The van der Waals surface area contributed by atoms with E-state index in [1.807, 2.05) is 29.9 Å². The first-order valence-electron chi connectivity index (χ1n) is 3.86. The number of aromatic nitrogens is 3. The fourth-order valence-corrected chi connectivity index (χ4v) is 1.47. The predicted octanol–water partition coefficient (Wildman–Crippen LogP) is 2.24. The van der Waals surface area contributed by atoms with Crippen LogP contribution in [0.2, 0.25) is 0 Å². The van der Waals surface area contributed by atoms with Gasteiger partial charge in [-0.25, -0.2) is 4.98 Å². The zero-order chi connectivity index (χ0) is 9.26. The van der Waals surface area contributed by atoms with Crippen molar-refractivity contribution < 1.29 is 0 Å². The molecule has 0 fully saturated rings. The number of pyridine rings is 1. The molecular formula is C9H8BrN3. The van der Waals surface area contributed by atoms with Crippen molar-refractivity contribution in [2.24, 2.45) is 7.05 Å². The van der Waals surface area contributed by atoms with Crippen molar-refractivity contribution in [2.45, 2.75) is 0 Å². The third-order valence-corrected chi connectivity index (χ3v) is 2.27. The monoisotopic (exact) mass is 237 g/mol. The Kier molecular flexibility index (Phi) is 2.14. The molecule has 3 nitrogen and oxygen atoms in total. The summed E-state index contributed by atoms with van der Waals surface area (Å²) in [5.74, 6) is 0.876. The highest BCUT2D eigenvalue weighted by Crippen LogP contribution is 2.17. The van der Waals surface area contributed by atoms with Crippen molar-refractivity contribution in [3.05, 3.63) is 35.2 Å². The Morgan fingerprint density at radius 1 is 1.31 bits per heavy atom. The molecule has 0 N–H and O–H groups in total. The predicted molar refractivity (Wildman–Crippen MR) is 54.1 cm³/mol. The molecule has 0 aliphatic carbocycles. The molecule has 2 rings (SSSR count). The molecule has 13 heavy (non-hydrogen) atoms. The third kappa shape index (κ3) is 1.62. The average molecular weight is 238 g/mol. The summed E-state index contributed by atoms with van der Waals surface area (Å²) in [4.78, 5) is 8.44. The summed E-state index contributed by atoms with van der Waals surface area (Å²) in [6.07, 6.45) is 5.42. The zero-order valence-corrected chi connectivity index (χ0v) is 8.69. The van der Waals surface area contributed by atoms with E-state index in [1.54, 1.807) is 12.4 Å². The maximum Gasteiger partial charge on any atom is 0.158 e. The SMILES string of the molecule is Cn1ccnc1-c1cc(Br)ccn1. The van der Waals surface area contributed by atoms with Gasteiger partial charge in [0.05, 0.1) is 0 Å². The summed E-state index contributed by atoms with van der Waals surface area (Å²) in [7, 11) is 1.95. The molecule has 0 saturated carbocycles. The molecule has 0 bridgehead atoms. The lowest BCUT2D eigenvalue weighted by Gasteiger charge is -2.00. The number of aryl methyl sites for hydroxylation is 1. The Balaban J connectivity index is 2.53. The lowest BCUT2D eigenvalue weighted by molar-refractivity contribution is 0.917.